The molecular weight excluding hydrogens is 266 g/mol. The third kappa shape index (κ3) is 2.86. The topological polar surface area (TPSA) is 141 Å². The standard InChI is InChI=1S/C11H11N5O2S/c12-7-4-8(13)16-11(15-7)19-6-3-1-2-5(9(6)14)10(17)18/h1-4H,14H2,(H,17,18)(H4,12,13,15,16). The lowest BCUT2D eigenvalue weighted by molar-refractivity contribution is 0.0698. The smallest absolute Gasteiger partial charge is 0.337 e. The number of nitrogens with two attached hydrogens (primary N) is 3. The van der Waals surface area contributed by atoms with E-state index in [0.29, 0.717) is 10.1 Å². The van der Waals surface area contributed by atoms with Gasteiger partial charge in [-0.15, -0.1) is 0 Å². The second kappa shape index (κ2) is 5.02. The van der Waals surface area contributed by atoms with Crippen molar-refractivity contribution in [2.75, 3.05) is 17.2 Å². The van der Waals surface area contributed by atoms with Gasteiger partial charge in [0.1, 0.15) is 11.6 Å². The summed E-state index contributed by atoms with van der Waals surface area (Å²) < 4.78 is 0. The number of nitrogen functional groups attached to an aromatic ring is 3. The van der Waals surface area contributed by atoms with E-state index in [1.54, 1.807) is 12.1 Å². The Morgan fingerprint density at radius 2 is 1.79 bits per heavy atom. The van der Waals surface area contributed by atoms with Crippen LogP contribution in [0.3, 0.4) is 0 Å². The van der Waals surface area contributed by atoms with E-state index in [0.717, 1.165) is 11.8 Å². The average molecular weight is 277 g/mol. The van der Waals surface area contributed by atoms with Crippen LogP contribution in [0.4, 0.5) is 17.3 Å². The molecule has 7 nitrogen and oxygen atoms in total. The van der Waals surface area contributed by atoms with Gasteiger partial charge in [0, 0.05) is 11.0 Å². The minimum atomic E-state index is -1.09. The average Bonchev–Trinajstić information content (AvgIpc) is 2.30. The zero-order valence-electron chi connectivity index (χ0n) is 9.70. The van der Waals surface area contributed by atoms with Crippen molar-refractivity contribution in [2.24, 2.45) is 0 Å². The van der Waals surface area contributed by atoms with Gasteiger partial charge in [-0.1, -0.05) is 6.07 Å². The fraction of sp³-hybridized carbons (Fsp3) is 0. The number of hydrogen-bond acceptors (Lipinski definition) is 7. The van der Waals surface area contributed by atoms with Crippen LogP contribution < -0.4 is 17.2 Å². The summed E-state index contributed by atoms with van der Waals surface area (Å²) in [6, 6.07) is 6.13. The van der Waals surface area contributed by atoms with Crippen LogP contribution in [0.5, 0.6) is 0 Å². The predicted octanol–water partition coefficient (Wildman–Crippen LogP) is 1.07. The van der Waals surface area contributed by atoms with E-state index in [2.05, 4.69) is 9.97 Å². The Morgan fingerprint density at radius 3 is 2.37 bits per heavy atom. The number of para-hydroxylation sites is 1. The molecule has 0 spiro atoms. The molecule has 7 N–H and O–H groups in total. The number of aromatic carboxylic acids is 1. The molecule has 0 aliphatic rings. The Labute approximate surface area is 112 Å². The van der Waals surface area contributed by atoms with Gasteiger partial charge in [-0.25, -0.2) is 14.8 Å². The fourth-order valence-electron chi connectivity index (χ4n) is 1.43. The summed E-state index contributed by atoms with van der Waals surface area (Å²) in [6.45, 7) is 0. The fourth-order valence-corrected chi connectivity index (χ4v) is 2.29. The maximum Gasteiger partial charge on any atom is 0.337 e. The molecule has 2 aromatic rings. The maximum absolute atomic E-state index is 11.0. The van der Waals surface area contributed by atoms with Gasteiger partial charge >= 0.3 is 5.97 Å². The Bertz CT molecular complexity index is 627. The van der Waals surface area contributed by atoms with Gasteiger partial charge in [-0.2, -0.15) is 0 Å². The van der Waals surface area contributed by atoms with Gasteiger partial charge in [0.15, 0.2) is 5.16 Å². The second-order valence-electron chi connectivity index (χ2n) is 3.62. The van der Waals surface area contributed by atoms with Crippen LogP contribution in [0.15, 0.2) is 34.3 Å². The number of benzene rings is 1. The molecule has 0 unspecified atom stereocenters. The first-order chi connectivity index (χ1) is 8.97. The van der Waals surface area contributed by atoms with Crippen LogP contribution in [0.1, 0.15) is 10.4 Å². The maximum atomic E-state index is 11.0. The molecule has 0 bridgehead atoms. The van der Waals surface area contributed by atoms with Crippen LogP contribution in [0, 0.1) is 0 Å². The number of anilines is 3. The van der Waals surface area contributed by atoms with Gasteiger partial charge in [-0.3, -0.25) is 0 Å². The number of aromatic nitrogens is 2. The summed E-state index contributed by atoms with van der Waals surface area (Å²) in [5.74, 6) is -0.612. The lowest BCUT2D eigenvalue weighted by Gasteiger charge is -2.07. The van der Waals surface area contributed by atoms with Crippen molar-refractivity contribution < 1.29 is 9.90 Å². The van der Waals surface area contributed by atoms with Crippen LogP contribution >= 0.6 is 11.8 Å². The van der Waals surface area contributed by atoms with Gasteiger partial charge in [-0.05, 0) is 23.9 Å². The minimum Gasteiger partial charge on any atom is -0.478 e. The first-order valence-corrected chi connectivity index (χ1v) is 5.98. The second-order valence-corrected chi connectivity index (χ2v) is 4.63. The minimum absolute atomic E-state index is 0.0295. The number of nitrogens with zero attached hydrogens (tertiary/aromatic N) is 2. The van der Waals surface area contributed by atoms with Gasteiger partial charge < -0.3 is 22.3 Å². The lowest BCUT2D eigenvalue weighted by atomic mass is 10.2. The molecule has 98 valence electrons. The quantitative estimate of drug-likeness (QED) is 0.482. The normalized spacial score (nSPS) is 10.3. The zero-order valence-corrected chi connectivity index (χ0v) is 10.5. The largest absolute Gasteiger partial charge is 0.478 e. The first-order valence-electron chi connectivity index (χ1n) is 5.17. The van der Waals surface area contributed by atoms with Gasteiger partial charge in [0.2, 0.25) is 0 Å². The van der Waals surface area contributed by atoms with Crippen molar-refractivity contribution in [1.82, 2.24) is 9.97 Å². The SMILES string of the molecule is Nc1cc(N)nc(Sc2cccc(C(=O)O)c2N)n1. The molecule has 0 fully saturated rings. The molecule has 1 aromatic carbocycles. The van der Waals surface area contributed by atoms with E-state index >= 15 is 0 Å². The first kappa shape index (κ1) is 13.0. The highest BCUT2D eigenvalue weighted by molar-refractivity contribution is 7.99. The van der Waals surface area contributed by atoms with Crippen LogP contribution in [-0.2, 0) is 0 Å². The van der Waals surface area contributed by atoms with E-state index in [4.69, 9.17) is 22.3 Å². The molecular formula is C11H11N5O2S. The number of carboxylic acid groups (broad SMARTS) is 1. The lowest BCUT2D eigenvalue weighted by Crippen LogP contribution is -2.04. The highest BCUT2D eigenvalue weighted by Crippen LogP contribution is 2.32. The number of carbonyl (C=O) groups is 1. The molecule has 0 aliphatic carbocycles. The number of carboxylic acids is 1. The molecule has 1 aromatic heterocycles. The molecule has 0 saturated heterocycles. The van der Waals surface area contributed by atoms with E-state index < -0.39 is 5.97 Å². The van der Waals surface area contributed by atoms with Gasteiger partial charge in [0.25, 0.3) is 0 Å². The molecule has 0 saturated carbocycles. The monoisotopic (exact) mass is 277 g/mol. The van der Waals surface area contributed by atoms with Crippen molar-refractivity contribution in [3.05, 3.63) is 29.8 Å². The predicted molar refractivity (Wildman–Crippen MR) is 72.8 cm³/mol. The van der Waals surface area contributed by atoms with E-state index in [9.17, 15) is 4.79 Å². The van der Waals surface area contributed by atoms with Crippen molar-refractivity contribution >= 4 is 35.1 Å². The zero-order chi connectivity index (χ0) is 14.0. The van der Waals surface area contributed by atoms with E-state index in [-0.39, 0.29) is 22.9 Å². The van der Waals surface area contributed by atoms with Crippen molar-refractivity contribution in [3.63, 3.8) is 0 Å². The Morgan fingerprint density at radius 1 is 1.16 bits per heavy atom. The molecule has 0 radical (unpaired) electrons. The van der Waals surface area contributed by atoms with Crippen molar-refractivity contribution in [1.29, 1.82) is 0 Å². The Kier molecular flexibility index (Phi) is 3.43. The third-order valence-corrected chi connectivity index (χ3v) is 3.18. The van der Waals surface area contributed by atoms with Gasteiger partial charge in [0.05, 0.1) is 11.3 Å². The van der Waals surface area contributed by atoms with Crippen molar-refractivity contribution in [2.45, 2.75) is 10.1 Å². The molecule has 8 heteroatoms. The highest BCUT2D eigenvalue weighted by atomic mass is 32.2. The number of rotatable bonds is 3. The molecule has 0 amide bonds. The summed E-state index contributed by atoms with van der Waals surface area (Å²) in [6.07, 6.45) is 0. The van der Waals surface area contributed by atoms with Crippen LogP contribution in [0.25, 0.3) is 0 Å². The number of hydrogen-bond donors (Lipinski definition) is 4. The molecule has 0 aliphatic heterocycles. The van der Waals surface area contributed by atoms with E-state index in [1.165, 1.54) is 12.1 Å². The summed E-state index contributed by atoms with van der Waals surface area (Å²) in [5, 5.41) is 9.30. The molecule has 19 heavy (non-hydrogen) atoms. The summed E-state index contributed by atoms with van der Waals surface area (Å²) in [4.78, 5) is 19.5. The third-order valence-electron chi connectivity index (χ3n) is 2.24. The Hall–Kier alpha value is -2.48. The van der Waals surface area contributed by atoms with Crippen LogP contribution in [-0.4, -0.2) is 21.0 Å². The van der Waals surface area contributed by atoms with Crippen LogP contribution in [0.2, 0.25) is 0 Å². The molecule has 1 heterocycles. The summed E-state index contributed by atoms with van der Waals surface area (Å²) in [5.41, 5.74) is 17.1. The summed E-state index contributed by atoms with van der Waals surface area (Å²) in [7, 11) is 0. The van der Waals surface area contributed by atoms with E-state index in [1.807, 2.05) is 0 Å². The molecule has 2 rings (SSSR count). The Balaban J connectivity index is 2.38. The summed E-state index contributed by atoms with van der Waals surface area (Å²) >= 11 is 1.10. The highest BCUT2D eigenvalue weighted by Gasteiger charge is 2.13. The van der Waals surface area contributed by atoms with Crippen molar-refractivity contribution in [3.8, 4) is 0 Å². The molecule has 0 atom stereocenters.